The highest BCUT2D eigenvalue weighted by molar-refractivity contribution is 7.14. The Morgan fingerprint density at radius 3 is 2.65 bits per heavy atom. The van der Waals surface area contributed by atoms with Crippen LogP contribution in [0.5, 0.6) is 5.75 Å². The summed E-state index contributed by atoms with van der Waals surface area (Å²) < 4.78 is 9.46. The summed E-state index contributed by atoms with van der Waals surface area (Å²) in [7, 11) is 1.68. The number of ether oxygens (including phenoxy) is 1. The van der Waals surface area contributed by atoms with Gasteiger partial charge in [-0.3, -0.25) is 4.79 Å². The molecule has 0 aliphatic carbocycles. The fourth-order valence-electron chi connectivity index (χ4n) is 3.09. The van der Waals surface area contributed by atoms with Crippen molar-refractivity contribution in [2.24, 2.45) is 0 Å². The number of amides is 1. The molecule has 3 aromatic rings. The molecule has 3 heterocycles. The van der Waals surface area contributed by atoms with E-state index in [1.807, 2.05) is 40.6 Å². The number of thiophene rings is 1. The number of piperazine rings is 1. The molecular weight excluding hydrogens is 368 g/mol. The summed E-state index contributed by atoms with van der Waals surface area (Å²) >= 11 is 2.75. The number of para-hydroxylation sites is 2. The van der Waals surface area contributed by atoms with E-state index in [1.54, 1.807) is 18.4 Å². The maximum atomic E-state index is 13.0. The third-order valence-corrected chi connectivity index (χ3v) is 6.02. The predicted molar refractivity (Wildman–Crippen MR) is 104 cm³/mol. The average molecular weight is 387 g/mol. The van der Waals surface area contributed by atoms with Crippen LogP contribution >= 0.6 is 22.9 Å². The van der Waals surface area contributed by atoms with Crippen molar-refractivity contribution in [1.82, 2.24) is 14.5 Å². The normalized spacial score (nSPS) is 14.5. The molecule has 1 amide bonds. The summed E-state index contributed by atoms with van der Waals surface area (Å²) in [4.78, 5) is 18.7. The van der Waals surface area contributed by atoms with Crippen LogP contribution in [-0.2, 0) is 0 Å². The van der Waals surface area contributed by atoms with Crippen LogP contribution in [-0.4, -0.2) is 53.7 Å². The minimum atomic E-state index is 0.0167. The molecule has 0 radical (unpaired) electrons. The molecule has 134 valence electrons. The molecule has 2 aromatic heterocycles. The van der Waals surface area contributed by atoms with Crippen LogP contribution < -0.4 is 9.64 Å². The molecule has 1 aromatic carbocycles. The monoisotopic (exact) mass is 386 g/mol. The Bertz CT molecular complexity index is 886. The first-order valence-corrected chi connectivity index (χ1v) is 9.96. The highest BCUT2D eigenvalue weighted by atomic mass is 32.1. The Morgan fingerprint density at radius 1 is 1.12 bits per heavy atom. The lowest BCUT2D eigenvalue weighted by Gasteiger charge is -2.36. The molecular formula is C18H18N4O2S2. The first-order valence-electron chi connectivity index (χ1n) is 8.31. The lowest BCUT2D eigenvalue weighted by atomic mass is 10.2. The van der Waals surface area contributed by atoms with Gasteiger partial charge in [0.25, 0.3) is 5.91 Å². The molecule has 0 saturated carbocycles. The number of methoxy groups -OCH3 is 1. The Labute approximate surface area is 159 Å². The van der Waals surface area contributed by atoms with Crippen molar-refractivity contribution < 1.29 is 9.53 Å². The molecule has 0 atom stereocenters. The molecule has 0 N–H and O–H groups in total. The van der Waals surface area contributed by atoms with E-state index in [0.717, 1.165) is 29.4 Å². The second-order valence-corrected chi connectivity index (χ2v) is 7.58. The number of benzene rings is 1. The Hall–Kier alpha value is -2.45. The van der Waals surface area contributed by atoms with E-state index in [-0.39, 0.29) is 5.91 Å². The smallest absolute Gasteiger partial charge is 0.268 e. The van der Waals surface area contributed by atoms with Gasteiger partial charge in [0.05, 0.1) is 17.7 Å². The van der Waals surface area contributed by atoms with Crippen LogP contribution in [0.1, 0.15) is 9.67 Å². The third-order valence-electron chi connectivity index (χ3n) is 4.43. The third kappa shape index (κ3) is 3.17. The van der Waals surface area contributed by atoms with Gasteiger partial charge in [-0.2, -0.15) is 0 Å². The highest BCUT2D eigenvalue weighted by Crippen LogP contribution is 2.31. The summed E-state index contributed by atoms with van der Waals surface area (Å²) in [5.41, 5.74) is 1.77. The van der Waals surface area contributed by atoms with Crippen LogP contribution in [0.25, 0.3) is 10.6 Å². The van der Waals surface area contributed by atoms with Crippen molar-refractivity contribution in [3.05, 3.63) is 46.7 Å². The van der Waals surface area contributed by atoms with Gasteiger partial charge in [-0.25, -0.2) is 0 Å². The lowest BCUT2D eigenvalue weighted by Crippen LogP contribution is -2.48. The van der Waals surface area contributed by atoms with Crippen molar-refractivity contribution in [2.75, 3.05) is 38.2 Å². The largest absolute Gasteiger partial charge is 0.495 e. The number of rotatable bonds is 4. The predicted octanol–water partition coefficient (Wildman–Crippen LogP) is 3.24. The van der Waals surface area contributed by atoms with Gasteiger partial charge in [-0.05, 0) is 35.1 Å². The van der Waals surface area contributed by atoms with Gasteiger partial charge in [0.15, 0.2) is 0 Å². The zero-order chi connectivity index (χ0) is 17.9. The molecule has 26 heavy (non-hydrogen) atoms. The Morgan fingerprint density at radius 2 is 1.92 bits per heavy atom. The van der Waals surface area contributed by atoms with Crippen molar-refractivity contribution in [2.45, 2.75) is 0 Å². The van der Waals surface area contributed by atoms with Crippen LogP contribution in [0.4, 0.5) is 5.69 Å². The van der Waals surface area contributed by atoms with Gasteiger partial charge >= 0.3 is 0 Å². The fourth-order valence-corrected chi connectivity index (χ4v) is 4.52. The number of hydrogen-bond donors (Lipinski definition) is 0. The highest BCUT2D eigenvalue weighted by Gasteiger charge is 2.27. The van der Waals surface area contributed by atoms with Crippen LogP contribution in [0, 0.1) is 0 Å². The van der Waals surface area contributed by atoms with Crippen LogP contribution in [0.15, 0.2) is 41.8 Å². The van der Waals surface area contributed by atoms with Crippen molar-refractivity contribution in [1.29, 1.82) is 0 Å². The average Bonchev–Trinajstić information content (AvgIpc) is 3.39. The van der Waals surface area contributed by atoms with E-state index in [1.165, 1.54) is 11.5 Å². The van der Waals surface area contributed by atoms with E-state index in [4.69, 9.17) is 4.74 Å². The molecule has 8 heteroatoms. The topological polar surface area (TPSA) is 58.6 Å². The van der Waals surface area contributed by atoms with E-state index in [2.05, 4.69) is 20.6 Å². The molecule has 1 fully saturated rings. The van der Waals surface area contributed by atoms with Crippen molar-refractivity contribution >= 4 is 34.5 Å². The van der Waals surface area contributed by atoms with Crippen LogP contribution in [0.2, 0.25) is 0 Å². The van der Waals surface area contributed by atoms with Gasteiger partial charge in [0.2, 0.25) is 0 Å². The zero-order valence-electron chi connectivity index (χ0n) is 14.3. The van der Waals surface area contributed by atoms with Crippen molar-refractivity contribution in [3.8, 4) is 16.3 Å². The number of carbonyl (C=O) groups is 1. The summed E-state index contributed by atoms with van der Waals surface area (Å²) in [6, 6.07) is 11.9. The lowest BCUT2D eigenvalue weighted by molar-refractivity contribution is 0.0752. The second-order valence-electron chi connectivity index (χ2n) is 5.88. The first-order chi connectivity index (χ1) is 12.8. The summed E-state index contributed by atoms with van der Waals surface area (Å²) in [6.07, 6.45) is 0. The van der Waals surface area contributed by atoms with E-state index in [0.29, 0.717) is 23.7 Å². The maximum absolute atomic E-state index is 13.0. The van der Waals surface area contributed by atoms with E-state index >= 15 is 0 Å². The van der Waals surface area contributed by atoms with Gasteiger partial charge in [0, 0.05) is 26.2 Å². The van der Waals surface area contributed by atoms with E-state index in [9.17, 15) is 4.79 Å². The van der Waals surface area contributed by atoms with Crippen LogP contribution in [0.3, 0.4) is 0 Å². The maximum Gasteiger partial charge on any atom is 0.268 e. The summed E-state index contributed by atoms with van der Waals surface area (Å²) in [5.74, 6) is 0.877. The second kappa shape index (κ2) is 7.43. The van der Waals surface area contributed by atoms with Gasteiger partial charge in [0.1, 0.15) is 16.3 Å². The molecule has 4 rings (SSSR count). The molecule has 6 nitrogen and oxygen atoms in total. The number of aromatic nitrogens is 2. The Kier molecular flexibility index (Phi) is 4.85. The molecule has 0 bridgehead atoms. The minimum Gasteiger partial charge on any atom is -0.495 e. The van der Waals surface area contributed by atoms with E-state index < -0.39 is 0 Å². The standard InChI is InChI=1S/C18H18N4O2S2/c1-24-14-6-3-2-5-13(14)21-8-10-22(11-9-21)18(23)17-16(19-20-26-17)15-7-4-12-25-15/h2-7,12H,8-11H2,1H3. The molecule has 1 aliphatic rings. The fraction of sp³-hybridized carbons (Fsp3) is 0.278. The molecule has 1 aliphatic heterocycles. The summed E-state index contributed by atoms with van der Waals surface area (Å²) in [5, 5.41) is 6.15. The van der Waals surface area contributed by atoms with Crippen molar-refractivity contribution in [3.63, 3.8) is 0 Å². The van der Waals surface area contributed by atoms with Gasteiger partial charge < -0.3 is 14.5 Å². The number of hydrogen-bond acceptors (Lipinski definition) is 7. The van der Waals surface area contributed by atoms with Gasteiger partial charge in [-0.1, -0.05) is 22.7 Å². The Balaban J connectivity index is 1.47. The first kappa shape index (κ1) is 17.0. The minimum absolute atomic E-state index is 0.0167. The number of carbonyl (C=O) groups excluding carboxylic acids is 1. The number of anilines is 1. The SMILES string of the molecule is COc1ccccc1N1CCN(C(=O)c2snnc2-c2cccs2)CC1. The molecule has 0 unspecified atom stereocenters. The number of nitrogens with zero attached hydrogens (tertiary/aromatic N) is 4. The summed E-state index contributed by atoms with van der Waals surface area (Å²) in [6.45, 7) is 2.87. The zero-order valence-corrected chi connectivity index (χ0v) is 15.9. The quantitative estimate of drug-likeness (QED) is 0.689. The van der Waals surface area contributed by atoms with Gasteiger partial charge in [-0.15, -0.1) is 16.4 Å². The molecule has 0 spiro atoms. The molecule has 1 saturated heterocycles.